The van der Waals surface area contributed by atoms with Gasteiger partial charge in [-0.2, -0.15) is 8.42 Å². The average Bonchev–Trinajstić information content (AvgIpc) is 2.99. The first-order valence-electron chi connectivity index (χ1n) is 14.3. The Balaban J connectivity index is 2.04. The number of rotatable bonds is 7. The normalized spacial score (nSPS) is 20.4. The van der Waals surface area contributed by atoms with Crippen molar-refractivity contribution in [3.05, 3.63) is 95.0 Å². The van der Waals surface area contributed by atoms with Gasteiger partial charge in [0.2, 0.25) is 5.91 Å². The third-order valence-electron chi connectivity index (χ3n) is 7.76. The number of anilines is 2. The summed E-state index contributed by atoms with van der Waals surface area (Å²) < 4.78 is 49.2. The van der Waals surface area contributed by atoms with Gasteiger partial charge in [0.05, 0.1) is 22.0 Å². The van der Waals surface area contributed by atoms with Crippen molar-refractivity contribution in [3.63, 3.8) is 0 Å². The summed E-state index contributed by atoms with van der Waals surface area (Å²) in [5, 5.41) is 0.122. The van der Waals surface area contributed by atoms with E-state index in [-0.39, 0.29) is 45.9 Å². The van der Waals surface area contributed by atoms with Crippen LogP contribution in [0.25, 0.3) is 5.57 Å². The summed E-state index contributed by atoms with van der Waals surface area (Å²) in [6.45, 7) is 17.2. The molecule has 11 heteroatoms. The lowest BCUT2D eigenvalue weighted by atomic mass is 10.0. The Labute approximate surface area is 258 Å². The number of piperazine rings is 1. The van der Waals surface area contributed by atoms with E-state index in [9.17, 15) is 13.2 Å². The highest BCUT2D eigenvalue weighted by Crippen LogP contribution is 2.43. The van der Waals surface area contributed by atoms with Crippen molar-refractivity contribution in [3.8, 4) is 0 Å². The van der Waals surface area contributed by atoms with Crippen molar-refractivity contribution in [1.82, 2.24) is 14.8 Å². The first-order chi connectivity index (χ1) is 20.4. The number of allylic oxidation sites excluding steroid dienone is 5. The summed E-state index contributed by atoms with van der Waals surface area (Å²) in [6.07, 6.45) is 6.54. The van der Waals surface area contributed by atoms with Crippen LogP contribution in [0.1, 0.15) is 57.0 Å². The van der Waals surface area contributed by atoms with Crippen molar-refractivity contribution in [2.24, 2.45) is 4.40 Å². The maximum Gasteiger partial charge on any atom is 0.352 e. The number of nitrogens with zero attached hydrogens (tertiary/aromatic N) is 5. The van der Waals surface area contributed by atoms with Crippen LogP contribution < -0.4 is 4.31 Å². The quantitative estimate of drug-likeness (QED) is 0.257. The Kier molecular flexibility index (Phi) is 9.61. The molecule has 1 fully saturated rings. The third-order valence-corrected chi connectivity index (χ3v) is 9.26. The van der Waals surface area contributed by atoms with Crippen molar-refractivity contribution in [2.45, 2.75) is 59.5 Å². The number of hydrogen-bond donors (Lipinski definition) is 0. The largest absolute Gasteiger partial charge is 0.352 e. The zero-order valence-electron chi connectivity index (χ0n) is 25.1. The molecule has 2 atom stereocenters. The number of fused-ring (bicyclic) bond motifs is 1. The SMILES string of the molecule is C=C/C=C(\C(F)=C/C)c1nc2c(cc1Cl)C(N1C[C@@H](C)N(C(=O)C=C)C[C@@H]1C)=NS(=O)(=O)N2c1c(CC)cccc1CC. The second-order valence-electron chi connectivity index (χ2n) is 10.5. The number of pyridine rings is 1. The molecule has 1 saturated heterocycles. The van der Waals surface area contributed by atoms with E-state index in [1.807, 2.05) is 50.8 Å². The summed E-state index contributed by atoms with van der Waals surface area (Å²) in [4.78, 5) is 20.8. The first kappa shape index (κ1) is 32.2. The monoisotopic (exact) mass is 625 g/mol. The van der Waals surface area contributed by atoms with Crippen LogP contribution in [0.4, 0.5) is 15.9 Å². The molecule has 0 radical (unpaired) electrons. The van der Waals surface area contributed by atoms with Crippen molar-refractivity contribution in [2.75, 3.05) is 17.4 Å². The number of amides is 1. The van der Waals surface area contributed by atoms with Crippen LogP contribution in [0.5, 0.6) is 0 Å². The fourth-order valence-electron chi connectivity index (χ4n) is 5.59. The molecular formula is C32H37ClFN5O3S. The second-order valence-corrected chi connectivity index (χ2v) is 12.3. The van der Waals surface area contributed by atoms with Gasteiger partial charge in [0.15, 0.2) is 11.7 Å². The van der Waals surface area contributed by atoms with E-state index in [1.165, 1.54) is 24.3 Å². The Bertz CT molecular complexity index is 1640. The molecule has 228 valence electrons. The van der Waals surface area contributed by atoms with Gasteiger partial charge in [0.25, 0.3) is 0 Å². The maximum atomic E-state index is 15.1. The van der Waals surface area contributed by atoms with E-state index in [0.29, 0.717) is 37.2 Å². The highest BCUT2D eigenvalue weighted by Gasteiger charge is 2.42. The summed E-state index contributed by atoms with van der Waals surface area (Å²) in [6, 6.07) is 6.70. The highest BCUT2D eigenvalue weighted by atomic mass is 35.5. The Morgan fingerprint density at radius 3 is 2.35 bits per heavy atom. The number of aryl methyl sites for hydroxylation is 2. The lowest BCUT2D eigenvalue weighted by Gasteiger charge is -2.46. The van der Waals surface area contributed by atoms with E-state index in [2.05, 4.69) is 17.6 Å². The zero-order chi connectivity index (χ0) is 31.6. The van der Waals surface area contributed by atoms with Gasteiger partial charge in [0, 0.05) is 30.7 Å². The standard InChI is InChI=1S/C32H37ClFN5O3S/c1-8-14-24(27(34)11-4)29-26(33)17-25-31(35-29)39(30-22(9-2)15-13-16-23(30)10-3)43(41,42)36-32(25)38-19-20(6)37(18-21(38)7)28(40)12-5/h8,11-17,20-21H,1,5,9-10,18-19H2,2-4,6-7H3/b24-14+,27-11+/t20-,21+/m1/s1. The number of para-hydroxylation sites is 1. The number of aromatic nitrogens is 1. The van der Waals surface area contributed by atoms with Crippen LogP contribution in [0.15, 0.2) is 72.0 Å². The van der Waals surface area contributed by atoms with Gasteiger partial charge in [-0.25, -0.2) is 13.7 Å². The number of halogens is 2. The van der Waals surface area contributed by atoms with Gasteiger partial charge in [-0.05, 0) is 56.9 Å². The van der Waals surface area contributed by atoms with E-state index in [1.54, 1.807) is 17.9 Å². The molecule has 0 aliphatic carbocycles. The molecule has 4 rings (SSSR count). The minimum atomic E-state index is -4.39. The molecule has 2 aromatic rings. The molecular weight excluding hydrogens is 589 g/mol. The number of carbonyl (C=O) groups is 1. The van der Waals surface area contributed by atoms with Gasteiger partial charge >= 0.3 is 10.2 Å². The summed E-state index contributed by atoms with van der Waals surface area (Å²) in [7, 11) is -4.39. The minimum Gasteiger partial charge on any atom is -0.349 e. The highest BCUT2D eigenvalue weighted by molar-refractivity contribution is 7.92. The molecule has 0 bridgehead atoms. The number of carbonyl (C=O) groups excluding carboxylic acids is 1. The van der Waals surface area contributed by atoms with Crippen LogP contribution in [-0.4, -0.2) is 60.1 Å². The topological polar surface area (TPSA) is 86.2 Å². The van der Waals surface area contributed by atoms with Crippen LogP contribution in [0.3, 0.4) is 0 Å². The van der Waals surface area contributed by atoms with Crippen LogP contribution in [-0.2, 0) is 27.8 Å². The van der Waals surface area contributed by atoms with Crippen LogP contribution >= 0.6 is 11.6 Å². The van der Waals surface area contributed by atoms with Crippen molar-refractivity contribution in [1.29, 1.82) is 0 Å². The minimum absolute atomic E-state index is 0.0725. The number of hydrogen-bond acceptors (Lipinski definition) is 5. The van der Waals surface area contributed by atoms with Gasteiger partial charge in [0.1, 0.15) is 5.83 Å². The van der Waals surface area contributed by atoms with Crippen LogP contribution in [0.2, 0.25) is 5.02 Å². The molecule has 1 aromatic carbocycles. The molecule has 2 aliphatic heterocycles. The predicted molar refractivity (Wildman–Crippen MR) is 173 cm³/mol. The van der Waals surface area contributed by atoms with E-state index < -0.39 is 16.0 Å². The van der Waals surface area contributed by atoms with E-state index in [0.717, 1.165) is 15.4 Å². The molecule has 43 heavy (non-hydrogen) atoms. The van der Waals surface area contributed by atoms with Gasteiger partial charge in [-0.15, -0.1) is 4.40 Å². The van der Waals surface area contributed by atoms with Crippen molar-refractivity contribution < 1.29 is 17.6 Å². The molecule has 2 aliphatic rings. The lowest BCUT2D eigenvalue weighted by molar-refractivity contribution is -0.130. The third kappa shape index (κ3) is 5.90. The fraction of sp³-hybridized carbons (Fsp3) is 0.344. The molecule has 1 amide bonds. The fourth-order valence-corrected chi connectivity index (χ4v) is 7.17. The molecule has 0 spiro atoms. The second kappa shape index (κ2) is 12.9. The molecule has 3 heterocycles. The van der Waals surface area contributed by atoms with Gasteiger partial charge in [-0.3, -0.25) is 4.79 Å². The number of amidine groups is 1. The maximum absolute atomic E-state index is 15.1. The smallest absolute Gasteiger partial charge is 0.349 e. The number of benzene rings is 1. The summed E-state index contributed by atoms with van der Waals surface area (Å²) in [5.41, 5.74) is 2.60. The Hall–Kier alpha value is -3.76. The summed E-state index contributed by atoms with van der Waals surface area (Å²) >= 11 is 6.79. The Morgan fingerprint density at radius 2 is 1.79 bits per heavy atom. The molecule has 0 unspecified atom stereocenters. The van der Waals surface area contributed by atoms with Crippen LogP contribution in [0, 0.1) is 0 Å². The average molecular weight is 626 g/mol. The Morgan fingerprint density at radius 1 is 1.14 bits per heavy atom. The summed E-state index contributed by atoms with van der Waals surface area (Å²) in [5.74, 6) is -0.538. The first-order valence-corrected chi connectivity index (χ1v) is 16.0. The molecule has 1 aromatic heterocycles. The van der Waals surface area contributed by atoms with Gasteiger partial charge in [-0.1, -0.05) is 75.0 Å². The van der Waals surface area contributed by atoms with E-state index >= 15 is 4.39 Å². The van der Waals surface area contributed by atoms with Crippen molar-refractivity contribution >= 4 is 50.6 Å². The van der Waals surface area contributed by atoms with Gasteiger partial charge < -0.3 is 9.80 Å². The molecule has 8 nitrogen and oxygen atoms in total. The predicted octanol–water partition coefficient (Wildman–Crippen LogP) is 6.55. The zero-order valence-corrected chi connectivity index (χ0v) is 26.7. The lowest BCUT2D eigenvalue weighted by Crippen LogP contribution is -2.60. The molecule has 0 saturated carbocycles. The van der Waals surface area contributed by atoms with E-state index in [4.69, 9.17) is 16.6 Å². The molecule has 0 N–H and O–H groups in total.